The Hall–Kier alpha value is -6.89. The molecule has 0 aliphatic heterocycles. The van der Waals surface area contributed by atoms with Gasteiger partial charge in [-0.1, -0.05) is 140 Å². The van der Waals surface area contributed by atoms with Gasteiger partial charge in [0.05, 0.1) is 34.3 Å². The average molecular weight is 696 g/mol. The summed E-state index contributed by atoms with van der Waals surface area (Å²) in [6.07, 6.45) is 0. The van der Waals surface area contributed by atoms with Crippen molar-refractivity contribution in [3.05, 3.63) is 176 Å². The van der Waals surface area contributed by atoms with E-state index in [9.17, 15) is 0 Å². The first kappa shape index (κ1) is 30.9. The Labute approximate surface area is 310 Å². The normalized spacial score (nSPS) is 11.4. The molecule has 10 aromatic rings. The van der Waals surface area contributed by atoms with E-state index in [0.717, 1.165) is 94.3 Å². The molecule has 248 valence electrons. The molecule has 0 saturated carbocycles. The van der Waals surface area contributed by atoms with Crippen LogP contribution in [0, 0.1) is 0 Å². The number of hydrogen-bond donors (Lipinski definition) is 0. The van der Waals surface area contributed by atoms with Gasteiger partial charge in [0.1, 0.15) is 11.0 Å². The fourth-order valence-corrected chi connectivity index (χ4v) is 7.76. The lowest BCUT2D eigenvalue weighted by Gasteiger charge is -2.15. The lowest BCUT2D eigenvalue weighted by atomic mass is 9.93. The highest BCUT2D eigenvalue weighted by Gasteiger charge is 2.21. The second kappa shape index (κ2) is 13.0. The van der Waals surface area contributed by atoms with Crippen molar-refractivity contribution in [1.82, 2.24) is 23.7 Å². The van der Waals surface area contributed by atoms with Crippen LogP contribution in [0.5, 0.6) is 0 Å². The number of hydrogen-bond acceptors (Lipinski definition) is 6. The molecular formula is C47H29N5S. The van der Waals surface area contributed by atoms with Crippen LogP contribution in [0.1, 0.15) is 0 Å². The third kappa shape index (κ3) is 5.62. The lowest BCUT2D eigenvalue weighted by Crippen LogP contribution is -1.98. The second-order valence-electron chi connectivity index (χ2n) is 13.0. The molecule has 0 spiro atoms. The van der Waals surface area contributed by atoms with Crippen LogP contribution in [0.2, 0.25) is 0 Å². The Balaban J connectivity index is 1.27. The number of rotatable bonds is 6. The monoisotopic (exact) mass is 695 g/mol. The molecule has 3 aromatic heterocycles. The maximum atomic E-state index is 5.27. The number of aromatic nitrogens is 5. The largest absolute Gasteiger partial charge is 0.247 e. The number of benzene rings is 7. The molecule has 7 aromatic carbocycles. The van der Waals surface area contributed by atoms with Gasteiger partial charge >= 0.3 is 0 Å². The van der Waals surface area contributed by atoms with Crippen molar-refractivity contribution in [2.24, 2.45) is 0 Å². The molecule has 10 rings (SSSR count). The molecule has 0 radical (unpaired) electrons. The van der Waals surface area contributed by atoms with Crippen LogP contribution in [0.4, 0.5) is 0 Å². The summed E-state index contributed by atoms with van der Waals surface area (Å²) < 4.78 is 9.85. The third-order valence-corrected chi connectivity index (χ3v) is 10.3. The van der Waals surface area contributed by atoms with E-state index in [0.29, 0.717) is 5.82 Å². The van der Waals surface area contributed by atoms with Gasteiger partial charge in [-0.3, -0.25) is 0 Å². The Morgan fingerprint density at radius 1 is 0.358 bits per heavy atom. The van der Waals surface area contributed by atoms with Gasteiger partial charge in [-0.2, -0.15) is 8.75 Å². The highest BCUT2D eigenvalue weighted by molar-refractivity contribution is 7.00. The zero-order valence-corrected chi connectivity index (χ0v) is 29.2. The fourth-order valence-electron chi connectivity index (χ4n) is 7.20. The molecule has 0 unspecified atom stereocenters. The van der Waals surface area contributed by atoms with Crippen LogP contribution in [0.15, 0.2) is 176 Å². The number of pyridine rings is 1. The summed E-state index contributed by atoms with van der Waals surface area (Å²) in [5.41, 5.74) is 13.4. The first-order valence-corrected chi connectivity index (χ1v) is 18.2. The molecule has 6 heteroatoms. The van der Waals surface area contributed by atoms with Crippen LogP contribution in [-0.2, 0) is 0 Å². The molecule has 0 N–H and O–H groups in total. The Bertz CT molecular complexity index is 2870. The van der Waals surface area contributed by atoms with Gasteiger partial charge in [-0.05, 0) is 58.7 Å². The van der Waals surface area contributed by atoms with Crippen LogP contribution in [-0.4, -0.2) is 23.7 Å². The van der Waals surface area contributed by atoms with E-state index in [-0.39, 0.29) is 0 Å². The van der Waals surface area contributed by atoms with Crippen molar-refractivity contribution in [1.29, 1.82) is 0 Å². The molecule has 0 bridgehead atoms. The summed E-state index contributed by atoms with van der Waals surface area (Å²) >= 11 is 1.22. The molecule has 0 fully saturated rings. The highest BCUT2D eigenvalue weighted by Crippen LogP contribution is 2.42. The fraction of sp³-hybridized carbons (Fsp3) is 0. The third-order valence-electron chi connectivity index (χ3n) is 9.72. The van der Waals surface area contributed by atoms with Crippen molar-refractivity contribution in [3.63, 3.8) is 0 Å². The predicted octanol–water partition coefficient (Wildman–Crippen LogP) is 12.2. The van der Waals surface area contributed by atoms with E-state index in [4.69, 9.17) is 23.7 Å². The minimum absolute atomic E-state index is 0.640. The summed E-state index contributed by atoms with van der Waals surface area (Å²) in [5, 5.41) is 3.09. The van der Waals surface area contributed by atoms with Crippen molar-refractivity contribution in [3.8, 4) is 67.4 Å². The summed E-state index contributed by atoms with van der Waals surface area (Å²) in [5.74, 6) is 0.640. The van der Waals surface area contributed by atoms with E-state index in [1.165, 1.54) is 11.7 Å². The van der Waals surface area contributed by atoms with Gasteiger partial charge in [-0.25, -0.2) is 15.0 Å². The summed E-state index contributed by atoms with van der Waals surface area (Å²) in [6.45, 7) is 0. The summed E-state index contributed by atoms with van der Waals surface area (Å²) in [6, 6.07) is 60.8. The molecule has 0 aliphatic carbocycles. The first-order valence-electron chi connectivity index (χ1n) is 17.5. The Morgan fingerprint density at radius 2 is 0.887 bits per heavy atom. The van der Waals surface area contributed by atoms with Crippen molar-refractivity contribution < 1.29 is 0 Å². The Kier molecular flexibility index (Phi) is 7.59. The number of para-hydroxylation sites is 1. The summed E-state index contributed by atoms with van der Waals surface area (Å²) in [7, 11) is 0. The minimum atomic E-state index is 0.640. The maximum Gasteiger partial charge on any atom is 0.160 e. The molecule has 0 atom stereocenters. The second-order valence-corrected chi connectivity index (χ2v) is 13.5. The van der Waals surface area contributed by atoms with E-state index in [1.807, 2.05) is 42.5 Å². The zero-order chi connectivity index (χ0) is 35.1. The van der Waals surface area contributed by atoms with Crippen LogP contribution in [0.25, 0.3) is 100 Å². The van der Waals surface area contributed by atoms with Crippen LogP contribution in [0.3, 0.4) is 0 Å². The predicted molar refractivity (Wildman–Crippen MR) is 218 cm³/mol. The van der Waals surface area contributed by atoms with Crippen molar-refractivity contribution >= 4 is 44.4 Å². The Morgan fingerprint density at radius 3 is 1.55 bits per heavy atom. The standard InChI is InChI=1S/C47H29N5S/c1-5-15-30(16-6-1)34-25-35(31-17-7-2-8-18-31)27-36(26-34)41-29-42(50-47(49-41)33-21-11-4-12-22-33)38-28-39-43(46-45(38)51-53-52-46)37-23-13-14-24-40(37)48-44(39)32-19-9-3-10-20-32/h1-29H. The van der Waals surface area contributed by atoms with Crippen LogP contribution >= 0.6 is 11.7 Å². The van der Waals surface area contributed by atoms with Gasteiger partial charge in [0.15, 0.2) is 5.82 Å². The van der Waals surface area contributed by atoms with Gasteiger partial charge in [0, 0.05) is 38.4 Å². The van der Waals surface area contributed by atoms with Crippen molar-refractivity contribution in [2.45, 2.75) is 0 Å². The molecule has 0 amide bonds. The number of nitrogens with zero attached hydrogens (tertiary/aromatic N) is 5. The first-order chi connectivity index (χ1) is 26.3. The molecule has 0 aliphatic rings. The lowest BCUT2D eigenvalue weighted by molar-refractivity contribution is 1.18. The average Bonchev–Trinajstić information content (AvgIpc) is 3.74. The van der Waals surface area contributed by atoms with Gasteiger partial charge in [-0.15, -0.1) is 0 Å². The molecule has 0 saturated heterocycles. The molecule has 5 nitrogen and oxygen atoms in total. The SMILES string of the molecule is c1ccc(-c2cc(-c3ccccc3)cc(-c3cc(-c4cc5c(-c6ccccc6)nc6ccccc6c5c5nsnc45)nc(-c4ccccc4)n3)c2)cc1. The highest BCUT2D eigenvalue weighted by atomic mass is 32.1. The molecule has 53 heavy (non-hydrogen) atoms. The van der Waals surface area contributed by atoms with Crippen LogP contribution < -0.4 is 0 Å². The van der Waals surface area contributed by atoms with Gasteiger partial charge < -0.3 is 0 Å². The van der Waals surface area contributed by atoms with E-state index in [2.05, 4.69) is 133 Å². The number of fused-ring (bicyclic) bond motifs is 5. The van der Waals surface area contributed by atoms with Crippen molar-refractivity contribution in [2.75, 3.05) is 0 Å². The van der Waals surface area contributed by atoms with E-state index in [1.54, 1.807) is 0 Å². The maximum absolute atomic E-state index is 5.27. The molecular weight excluding hydrogens is 667 g/mol. The summed E-state index contributed by atoms with van der Waals surface area (Å²) in [4.78, 5) is 15.7. The van der Waals surface area contributed by atoms with Gasteiger partial charge in [0.25, 0.3) is 0 Å². The quantitative estimate of drug-likeness (QED) is 0.162. The smallest absolute Gasteiger partial charge is 0.160 e. The molecule has 3 heterocycles. The van der Waals surface area contributed by atoms with E-state index >= 15 is 0 Å². The van der Waals surface area contributed by atoms with Gasteiger partial charge in [0.2, 0.25) is 0 Å². The minimum Gasteiger partial charge on any atom is -0.247 e. The topological polar surface area (TPSA) is 64.5 Å². The van der Waals surface area contributed by atoms with E-state index < -0.39 is 0 Å². The zero-order valence-electron chi connectivity index (χ0n) is 28.4.